The van der Waals surface area contributed by atoms with E-state index < -0.39 is 0 Å². The highest BCUT2D eigenvalue weighted by molar-refractivity contribution is 9.10. The van der Waals surface area contributed by atoms with Crippen LogP contribution in [-0.4, -0.2) is 21.9 Å². The molecule has 19 heavy (non-hydrogen) atoms. The second-order valence-corrected chi connectivity index (χ2v) is 8.98. The Morgan fingerprint density at radius 2 is 2.05 bits per heavy atom. The Morgan fingerprint density at radius 1 is 1.32 bits per heavy atom. The zero-order chi connectivity index (χ0) is 13.9. The molecule has 0 amide bonds. The molecule has 0 N–H and O–H groups in total. The van der Waals surface area contributed by atoms with Gasteiger partial charge in [0.2, 0.25) is 0 Å². The molecule has 0 spiro atoms. The van der Waals surface area contributed by atoms with Crippen molar-refractivity contribution in [1.82, 2.24) is 0 Å². The standard InChI is InChI=1S/C14H23BrO2SSi/c1-3-8-17-18-19-11-12(2)9-16-10-13-4-6-14(15)7-5-13/h4-7,12H,3,8-11,19H2,1-2H3/t12-/m1/s1. The third-order valence-electron chi connectivity index (χ3n) is 2.65. The summed E-state index contributed by atoms with van der Waals surface area (Å²) in [5, 5.41) is 0. The van der Waals surface area contributed by atoms with Crippen LogP contribution in [0.2, 0.25) is 6.04 Å². The lowest BCUT2D eigenvalue weighted by atomic mass is 10.2. The van der Waals surface area contributed by atoms with Gasteiger partial charge in [0.25, 0.3) is 0 Å². The molecular weight excluding hydrogens is 340 g/mol. The second kappa shape index (κ2) is 10.9. The Kier molecular flexibility index (Phi) is 9.90. The fourth-order valence-corrected chi connectivity index (χ4v) is 5.03. The van der Waals surface area contributed by atoms with E-state index in [-0.39, 0.29) is 8.67 Å². The van der Waals surface area contributed by atoms with Gasteiger partial charge in [0.05, 0.1) is 13.2 Å². The van der Waals surface area contributed by atoms with Crippen LogP contribution in [0.3, 0.4) is 0 Å². The summed E-state index contributed by atoms with van der Waals surface area (Å²) in [4.78, 5) is 0. The number of halogens is 1. The van der Waals surface area contributed by atoms with Gasteiger partial charge in [0.1, 0.15) is 8.67 Å². The van der Waals surface area contributed by atoms with Gasteiger partial charge in [-0.25, -0.2) is 0 Å². The van der Waals surface area contributed by atoms with Crippen LogP contribution in [0.25, 0.3) is 0 Å². The van der Waals surface area contributed by atoms with Crippen LogP contribution in [0.4, 0.5) is 0 Å². The molecule has 0 aliphatic carbocycles. The highest BCUT2D eigenvalue weighted by atomic mass is 79.9. The van der Waals surface area contributed by atoms with E-state index in [1.165, 1.54) is 11.6 Å². The third kappa shape index (κ3) is 8.86. The minimum atomic E-state index is -0.144. The van der Waals surface area contributed by atoms with E-state index >= 15 is 0 Å². The molecule has 5 heteroatoms. The molecule has 108 valence electrons. The van der Waals surface area contributed by atoms with Crippen molar-refractivity contribution in [2.45, 2.75) is 32.9 Å². The third-order valence-corrected chi connectivity index (χ3v) is 6.61. The molecule has 0 aromatic heterocycles. The summed E-state index contributed by atoms with van der Waals surface area (Å²) in [7, 11) is -0.144. The lowest BCUT2D eigenvalue weighted by Gasteiger charge is -2.11. The summed E-state index contributed by atoms with van der Waals surface area (Å²) >= 11 is 5.15. The fourth-order valence-electron chi connectivity index (χ4n) is 1.49. The van der Waals surface area contributed by atoms with Gasteiger partial charge < -0.3 is 8.92 Å². The molecule has 1 aromatic carbocycles. The molecule has 1 aromatic rings. The second-order valence-electron chi connectivity index (χ2n) is 4.68. The van der Waals surface area contributed by atoms with E-state index in [0.29, 0.717) is 12.5 Å². The van der Waals surface area contributed by atoms with Crippen molar-refractivity contribution in [3.05, 3.63) is 34.3 Å². The number of rotatable bonds is 10. The van der Waals surface area contributed by atoms with Crippen molar-refractivity contribution < 1.29 is 8.92 Å². The van der Waals surface area contributed by atoms with Crippen LogP contribution in [0, 0.1) is 5.92 Å². The van der Waals surface area contributed by atoms with Gasteiger partial charge in [-0.1, -0.05) is 41.9 Å². The molecule has 0 saturated heterocycles. The summed E-state index contributed by atoms with van der Waals surface area (Å²) < 4.78 is 12.3. The summed E-state index contributed by atoms with van der Waals surface area (Å²) in [6, 6.07) is 9.57. The maximum Gasteiger partial charge on any atom is 0.122 e. The molecule has 0 radical (unpaired) electrons. The topological polar surface area (TPSA) is 18.5 Å². The fraction of sp³-hybridized carbons (Fsp3) is 0.571. The lowest BCUT2D eigenvalue weighted by Crippen LogP contribution is -2.07. The number of hydrogen-bond acceptors (Lipinski definition) is 3. The number of ether oxygens (including phenoxy) is 1. The molecule has 0 heterocycles. The Morgan fingerprint density at radius 3 is 2.74 bits per heavy atom. The van der Waals surface area contributed by atoms with Crippen LogP contribution in [0.1, 0.15) is 25.8 Å². The van der Waals surface area contributed by atoms with E-state index in [0.717, 1.165) is 24.1 Å². The first-order valence-corrected chi connectivity index (χ1v) is 11.2. The number of benzene rings is 1. The average molecular weight is 363 g/mol. The van der Waals surface area contributed by atoms with Gasteiger partial charge in [-0.2, -0.15) is 0 Å². The van der Waals surface area contributed by atoms with Crippen molar-refractivity contribution in [2.75, 3.05) is 13.2 Å². The van der Waals surface area contributed by atoms with Crippen LogP contribution < -0.4 is 0 Å². The Bertz CT molecular complexity index is 335. The van der Waals surface area contributed by atoms with E-state index in [2.05, 4.69) is 54.0 Å². The number of hydrogen-bond donors (Lipinski definition) is 0. The molecular formula is C14H23BrO2SSi. The summed E-state index contributed by atoms with van der Waals surface area (Å²) in [6.45, 7) is 6.83. The predicted octanol–water partition coefficient (Wildman–Crippen LogP) is 4.18. The first kappa shape index (κ1) is 17.2. The van der Waals surface area contributed by atoms with E-state index in [1.807, 2.05) is 0 Å². The van der Waals surface area contributed by atoms with Crippen molar-refractivity contribution in [3.63, 3.8) is 0 Å². The van der Waals surface area contributed by atoms with Crippen LogP contribution >= 0.6 is 27.4 Å². The summed E-state index contributed by atoms with van der Waals surface area (Å²) in [5.74, 6) is 0.639. The van der Waals surface area contributed by atoms with Gasteiger partial charge in [0.15, 0.2) is 0 Å². The minimum Gasteiger partial charge on any atom is -0.377 e. The molecule has 0 fully saturated rings. The molecule has 0 aliphatic rings. The Balaban J connectivity index is 2.03. The normalized spacial score (nSPS) is 13.2. The summed E-state index contributed by atoms with van der Waals surface area (Å²) in [6.07, 6.45) is 1.10. The average Bonchev–Trinajstić information content (AvgIpc) is 2.41. The first-order chi connectivity index (χ1) is 9.22. The molecule has 1 rings (SSSR count). The predicted molar refractivity (Wildman–Crippen MR) is 90.1 cm³/mol. The highest BCUT2D eigenvalue weighted by Crippen LogP contribution is 2.13. The van der Waals surface area contributed by atoms with Gasteiger partial charge >= 0.3 is 0 Å². The quantitative estimate of drug-likeness (QED) is 0.353. The van der Waals surface area contributed by atoms with Crippen LogP contribution in [0.5, 0.6) is 0 Å². The van der Waals surface area contributed by atoms with Crippen LogP contribution in [0.15, 0.2) is 28.7 Å². The maximum atomic E-state index is 5.76. The SMILES string of the molecule is CCCOS[SiH2]C[C@H](C)COCc1ccc(Br)cc1. The monoisotopic (exact) mass is 362 g/mol. The van der Waals surface area contributed by atoms with Gasteiger partial charge in [-0.3, -0.25) is 0 Å². The molecule has 1 atom stereocenters. The van der Waals surface area contributed by atoms with Crippen molar-refractivity contribution in [3.8, 4) is 0 Å². The highest BCUT2D eigenvalue weighted by Gasteiger charge is 2.03. The van der Waals surface area contributed by atoms with Crippen molar-refractivity contribution in [1.29, 1.82) is 0 Å². The van der Waals surface area contributed by atoms with Crippen LogP contribution in [-0.2, 0) is 15.5 Å². The molecule has 0 unspecified atom stereocenters. The largest absolute Gasteiger partial charge is 0.377 e. The van der Waals surface area contributed by atoms with Gasteiger partial charge in [-0.15, -0.1) is 0 Å². The first-order valence-electron chi connectivity index (χ1n) is 6.79. The Hall–Kier alpha value is 0.187. The zero-order valence-corrected chi connectivity index (χ0v) is 15.5. The summed E-state index contributed by atoms with van der Waals surface area (Å²) in [5.41, 5.74) is 1.23. The smallest absolute Gasteiger partial charge is 0.122 e. The van der Waals surface area contributed by atoms with E-state index in [1.54, 1.807) is 11.5 Å². The Labute approximate surface area is 131 Å². The molecule has 0 saturated carbocycles. The van der Waals surface area contributed by atoms with Crippen molar-refractivity contribution >= 4 is 36.1 Å². The van der Waals surface area contributed by atoms with Crippen molar-refractivity contribution in [2.24, 2.45) is 5.92 Å². The molecule has 0 aliphatic heterocycles. The lowest BCUT2D eigenvalue weighted by molar-refractivity contribution is 0.0972. The van der Waals surface area contributed by atoms with E-state index in [4.69, 9.17) is 8.92 Å². The minimum absolute atomic E-state index is 0.144. The van der Waals surface area contributed by atoms with E-state index in [9.17, 15) is 0 Å². The zero-order valence-electron chi connectivity index (χ0n) is 11.7. The maximum absolute atomic E-state index is 5.76. The van der Waals surface area contributed by atoms with Gasteiger partial charge in [0, 0.05) is 11.1 Å². The molecule has 0 bridgehead atoms. The molecule has 2 nitrogen and oxygen atoms in total. The van der Waals surface area contributed by atoms with Gasteiger partial charge in [-0.05, 0) is 47.6 Å².